The Bertz CT molecular complexity index is 1120. The Labute approximate surface area is 194 Å². The van der Waals surface area contributed by atoms with Crippen LogP contribution < -0.4 is 10.1 Å². The fraction of sp³-hybridized carbons (Fsp3) is 0.478. The zero-order valence-electron chi connectivity index (χ0n) is 17.7. The van der Waals surface area contributed by atoms with Crippen LogP contribution in [0.15, 0.2) is 28.1 Å². The second-order valence-electron chi connectivity index (χ2n) is 9.50. The van der Waals surface area contributed by atoms with Crippen LogP contribution in [-0.2, 0) is 10.2 Å². The van der Waals surface area contributed by atoms with Crippen molar-refractivity contribution >= 4 is 45.4 Å². The van der Waals surface area contributed by atoms with Gasteiger partial charge in [0, 0.05) is 5.41 Å². The number of hydrogen-bond acceptors (Lipinski definition) is 8. The molecule has 9 heteroatoms. The Morgan fingerprint density at radius 3 is 2.59 bits per heavy atom. The van der Waals surface area contributed by atoms with Gasteiger partial charge in [0.25, 0.3) is 5.91 Å². The lowest BCUT2D eigenvalue weighted by atomic mass is 9.50. The first kappa shape index (κ1) is 20.2. The van der Waals surface area contributed by atoms with Crippen LogP contribution in [-0.4, -0.2) is 33.5 Å². The maximum atomic E-state index is 12.4. The van der Waals surface area contributed by atoms with Crippen molar-refractivity contribution in [2.45, 2.75) is 43.9 Å². The van der Waals surface area contributed by atoms with Crippen molar-refractivity contribution in [2.75, 3.05) is 7.11 Å². The van der Waals surface area contributed by atoms with Crippen LogP contribution in [0.5, 0.6) is 11.5 Å². The van der Waals surface area contributed by atoms with Gasteiger partial charge in [0.1, 0.15) is 5.01 Å². The van der Waals surface area contributed by atoms with Gasteiger partial charge in [-0.3, -0.25) is 4.79 Å². The average molecular weight is 469 g/mol. The molecule has 4 aliphatic carbocycles. The zero-order chi connectivity index (χ0) is 21.9. The third kappa shape index (κ3) is 3.51. The molecular formula is C23H24N4O3S2. The van der Waals surface area contributed by atoms with Crippen molar-refractivity contribution in [1.29, 1.82) is 0 Å². The molecule has 0 spiro atoms. The van der Waals surface area contributed by atoms with Crippen LogP contribution in [0.3, 0.4) is 0 Å². The maximum absolute atomic E-state index is 12.4. The fourth-order valence-electron chi connectivity index (χ4n) is 6.35. The smallest absolute Gasteiger partial charge is 0.264 e. The van der Waals surface area contributed by atoms with Crippen molar-refractivity contribution in [3.8, 4) is 11.5 Å². The number of amidine groups is 1. The van der Waals surface area contributed by atoms with Crippen LogP contribution in [0.2, 0.25) is 0 Å². The number of aromatic hydroxyl groups is 1. The van der Waals surface area contributed by atoms with Gasteiger partial charge in [-0.1, -0.05) is 17.4 Å². The molecule has 166 valence electrons. The Morgan fingerprint density at radius 1 is 1.19 bits per heavy atom. The van der Waals surface area contributed by atoms with Gasteiger partial charge in [-0.25, -0.2) is 0 Å². The molecule has 2 aromatic rings. The molecule has 7 nitrogen and oxygen atoms in total. The Hall–Kier alpha value is -2.39. The van der Waals surface area contributed by atoms with E-state index >= 15 is 0 Å². The van der Waals surface area contributed by atoms with Crippen LogP contribution >= 0.6 is 23.1 Å². The van der Waals surface area contributed by atoms with Crippen molar-refractivity contribution in [3.05, 3.63) is 33.7 Å². The van der Waals surface area contributed by atoms with Crippen LogP contribution in [0, 0.1) is 17.8 Å². The van der Waals surface area contributed by atoms with Crippen LogP contribution in [0.25, 0.3) is 6.08 Å². The fourth-order valence-corrected chi connectivity index (χ4v) is 8.17. The monoisotopic (exact) mass is 468 g/mol. The highest BCUT2D eigenvalue weighted by molar-refractivity contribution is 8.18. The summed E-state index contributed by atoms with van der Waals surface area (Å²) in [5, 5.41) is 23.8. The molecule has 0 atom stereocenters. The number of hydrogen-bond donors (Lipinski definition) is 2. The van der Waals surface area contributed by atoms with Gasteiger partial charge in [-0.05, 0) is 91.8 Å². The Kier molecular flexibility index (Phi) is 4.80. The summed E-state index contributed by atoms with van der Waals surface area (Å²) in [6.45, 7) is 0. The molecular weight excluding hydrogens is 444 g/mol. The van der Waals surface area contributed by atoms with Crippen molar-refractivity contribution in [2.24, 2.45) is 22.7 Å². The highest BCUT2D eigenvalue weighted by Gasteiger charge is 2.53. The second kappa shape index (κ2) is 7.59. The molecule has 1 aromatic carbocycles. The first-order valence-electron chi connectivity index (χ1n) is 11.0. The molecule has 0 unspecified atom stereocenters. The van der Waals surface area contributed by atoms with Gasteiger partial charge in [0.2, 0.25) is 5.13 Å². The number of carbonyl (C=O) groups is 1. The lowest BCUT2D eigenvalue weighted by Crippen LogP contribution is -2.48. The molecule has 32 heavy (non-hydrogen) atoms. The third-order valence-corrected chi connectivity index (χ3v) is 9.23. The van der Waals surface area contributed by atoms with E-state index in [0.29, 0.717) is 21.0 Å². The number of carbonyl (C=O) groups excluding carboxylic acids is 1. The van der Waals surface area contributed by atoms with Crippen LogP contribution in [0.1, 0.15) is 49.1 Å². The molecule has 4 saturated carbocycles. The van der Waals surface area contributed by atoms with Gasteiger partial charge in [0.05, 0.1) is 12.0 Å². The summed E-state index contributed by atoms with van der Waals surface area (Å²) in [4.78, 5) is 17.6. The van der Waals surface area contributed by atoms with E-state index in [1.165, 1.54) is 57.4 Å². The van der Waals surface area contributed by atoms with Crippen molar-refractivity contribution in [3.63, 3.8) is 0 Å². The molecule has 7 rings (SSSR count). The first-order valence-corrected chi connectivity index (χ1v) is 12.6. The summed E-state index contributed by atoms with van der Waals surface area (Å²) in [6.07, 6.45) is 9.70. The number of ether oxygens (including phenoxy) is 1. The van der Waals surface area contributed by atoms with Gasteiger partial charge < -0.3 is 15.2 Å². The maximum Gasteiger partial charge on any atom is 0.264 e. The standard InChI is InChI=1S/C23H24N4O3S2/c1-30-17-7-12(2-3-16(17)28)8-18-19(29)24-21(31-18)25-22-27-26-20(32-22)23-9-13-4-14(10-23)6-15(5-13)11-23/h2-3,7-8,13-15,28H,4-6,9-11H2,1H3,(H,24,25,27,29)/b18-8+. The predicted molar refractivity (Wildman–Crippen MR) is 125 cm³/mol. The van der Waals surface area contributed by atoms with E-state index in [9.17, 15) is 9.90 Å². The summed E-state index contributed by atoms with van der Waals surface area (Å²) in [5.74, 6) is 2.79. The van der Waals surface area contributed by atoms with E-state index in [0.717, 1.165) is 28.3 Å². The van der Waals surface area contributed by atoms with E-state index in [4.69, 9.17) is 4.74 Å². The average Bonchev–Trinajstić information content (AvgIpc) is 3.36. The highest BCUT2D eigenvalue weighted by atomic mass is 32.2. The molecule has 1 aromatic heterocycles. The Balaban J connectivity index is 1.21. The minimum absolute atomic E-state index is 0.0616. The molecule has 1 amide bonds. The zero-order valence-corrected chi connectivity index (χ0v) is 19.3. The minimum Gasteiger partial charge on any atom is -0.504 e. The number of nitrogens with zero attached hydrogens (tertiary/aromatic N) is 3. The number of aromatic nitrogens is 2. The van der Waals surface area contributed by atoms with E-state index in [1.807, 2.05) is 0 Å². The number of thioether (sulfide) groups is 1. The van der Waals surface area contributed by atoms with Crippen LogP contribution in [0.4, 0.5) is 5.13 Å². The topological polar surface area (TPSA) is 96.7 Å². The summed E-state index contributed by atoms with van der Waals surface area (Å²) in [5.41, 5.74) is 0.971. The number of amides is 1. The summed E-state index contributed by atoms with van der Waals surface area (Å²) < 4.78 is 5.14. The molecule has 5 fully saturated rings. The SMILES string of the molecule is COc1cc(/C=C2/S/C(=N/c3nnc(C45CC6CC(CC(C6)C4)C5)s3)NC2=O)ccc1O. The van der Waals surface area contributed by atoms with Gasteiger partial charge in [-0.15, -0.1) is 10.2 Å². The molecule has 2 N–H and O–H groups in total. The van der Waals surface area contributed by atoms with E-state index in [2.05, 4.69) is 20.5 Å². The van der Waals surface area contributed by atoms with E-state index < -0.39 is 0 Å². The summed E-state index contributed by atoms with van der Waals surface area (Å²) in [7, 11) is 1.49. The van der Waals surface area contributed by atoms with Crippen molar-refractivity contribution in [1.82, 2.24) is 15.5 Å². The third-order valence-electron chi connectivity index (χ3n) is 7.26. The number of nitrogens with one attached hydrogen (secondary N) is 1. The van der Waals surface area contributed by atoms with Gasteiger partial charge in [0.15, 0.2) is 16.7 Å². The van der Waals surface area contributed by atoms with E-state index in [1.54, 1.807) is 35.6 Å². The molecule has 1 aliphatic heterocycles. The molecule has 0 radical (unpaired) electrons. The molecule has 4 bridgehead atoms. The predicted octanol–water partition coefficient (Wildman–Crippen LogP) is 4.61. The Morgan fingerprint density at radius 2 is 1.91 bits per heavy atom. The number of phenolic OH excluding ortho intramolecular Hbond substituents is 1. The summed E-state index contributed by atoms with van der Waals surface area (Å²) in [6, 6.07) is 4.97. The largest absolute Gasteiger partial charge is 0.504 e. The quantitative estimate of drug-likeness (QED) is 0.636. The minimum atomic E-state index is -0.202. The molecule has 5 aliphatic rings. The number of rotatable bonds is 4. The highest BCUT2D eigenvalue weighted by Crippen LogP contribution is 2.61. The summed E-state index contributed by atoms with van der Waals surface area (Å²) >= 11 is 2.86. The van der Waals surface area contributed by atoms with Gasteiger partial charge >= 0.3 is 0 Å². The second-order valence-corrected chi connectivity index (χ2v) is 11.5. The van der Waals surface area contributed by atoms with E-state index in [-0.39, 0.29) is 17.1 Å². The number of benzene rings is 1. The van der Waals surface area contributed by atoms with Gasteiger partial charge in [-0.2, -0.15) is 4.99 Å². The lowest BCUT2D eigenvalue weighted by Gasteiger charge is -2.55. The lowest BCUT2D eigenvalue weighted by molar-refractivity contribution is -0.115. The number of phenols is 1. The molecule has 1 saturated heterocycles. The number of aliphatic imine (C=N–C) groups is 1. The normalized spacial score (nSPS) is 33.3. The molecule has 2 heterocycles. The number of methoxy groups -OCH3 is 1. The van der Waals surface area contributed by atoms with Crippen molar-refractivity contribution < 1.29 is 14.6 Å². The first-order chi connectivity index (χ1) is 15.5.